The Morgan fingerprint density at radius 1 is 1.05 bits per heavy atom. The van der Waals surface area contributed by atoms with Gasteiger partial charge in [0.25, 0.3) is 11.8 Å². The van der Waals surface area contributed by atoms with E-state index >= 15 is 0 Å². The fourth-order valence-electron chi connectivity index (χ4n) is 2.11. The van der Waals surface area contributed by atoms with Crippen LogP contribution in [0.2, 0.25) is 0 Å². The number of para-hydroxylation sites is 2. The van der Waals surface area contributed by atoms with Gasteiger partial charge < -0.3 is 11.1 Å². The number of fused-ring (bicyclic) bond motifs is 1. The lowest BCUT2D eigenvalue weighted by molar-refractivity contribution is -0.110. The molecule has 0 bridgehead atoms. The SMILES string of the molecule is NC(=O)c1ccccc1N=C1C(=O)Nc2ccccc21. The van der Waals surface area contributed by atoms with Gasteiger partial charge in [0.1, 0.15) is 5.71 Å². The number of aliphatic imine (C=N–C) groups is 1. The van der Waals surface area contributed by atoms with Gasteiger partial charge in [-0.3, -0.25) is 9.59 Å². The highest BCUT2D eigenvalue weighted by Crippen LogP contribution is 2.26. The van der Waals surface area contributed by atoms with Crippen molar-refractivity contribution < 1.29 is 9.59 Å². The Morgan fingerprint density at radius 2 is 1.75 bits per heavy atom. The van der Waals surface area contributed by atoms with E-state index in [0.29, 0.717) is 11.4 Å². The summed E-state index contributed by atoms with van der Waals surface area (Å²) in [4.78, 5) is 27.6. The molecule has 0 unspecified atom stereocenters. The van der Waals surface area contributed by atoms with Crippen LogP contribution >= 0.6 is 0 Å². The largest absolute Gasteiger partial charge is 0.366 e. The van der Waals surface area contributed by atoms with Crippen LogP contribution in [0.1, 0.15) is 15.9 Å². The van der Waals surface area contributed by atoms with Crippen molar-refractivity contribution in [3.63, 3.8) is 0 Å². The van der Waals surface area contributed by atoms with Gasteiger partial charge in [-0.15, -0.1) is 0 Å². The second-order valence-electron chi connectivity index (χ2n) is 4.34. The number of nitrogens with zero attached hydrogens (tertiary/aromatic N) is 1. The lowest BCUT2D eigenvalue weighted by atomic mass is 10.1. The Hall–Kier alpha value is -2.95. The van der Waals surface area contributed by atoms with E-state index < -0.39 is 5.91 Å². The molecule has 0 atom stereocenters. The van der Waals surface area contributed by atoms with Gasteiger partial charge in [-0.05, 0) is 18.2 Å². The van der Waals surface area contributed by atoms with Gasteiger partial charge in [0.15, 0.2) is 0 Å². The van der Waals surface area contributed by atoms with Gasteiger partial charge in [-0.2, -0.15) is 0 Å². The Kier molecular flexibility index (Phi) is 2.80. The standard InChI is InChI=1S/C15H11N3O2/c16-14(19)10-6-2-4-8-12(10)17-13-9-5-1-3-7-11(9)18-15(13)20/h1-8H,(H2,16,19)(H,17,18,20). The smallest absolute Gasteiger partial charge is 0.275 e. The lowest BCUT2D eigenvalue weighted by Crippen LogP contribution is -2.15. The number of hydrogen-bond donors (Lipinski definition) is 2. The van der Waals surface area contributed by atoms with Crippen LogP contribution in [0.15, 0.2) is 53.5 Å². The molecule has 1 heterocycles. The van der Waals surface area contributed by atoms with E-state index in [1.807, 2.05) is 12.1 Å². The second kappa shape index (κ2) is 4.62. The zero-order valence-electron chi connectivity index (χ0n) is 10.5. The van der Waals surface area contributed by atoms with E-state index in [-0.39, 0.29) is 17.2 Å². The molecule has 0 aliphatic carbocycles. The van der Waals surface area contributed by atoms with E-state index in [2.05, 4.69) is 10.3 Å². The molecule has 98 valence electrons. The maximum atomic E-state index is 12.0. The summed E-state index contributed by atoms with van der Waals surface area (Å²) in [7, 11) is 0. The van der Waals surface area contributed by atoms with Crippen LogP contribution in [0.4, 0.5) is 11.4 Å². The highest BCUT2D eigenvalue weighted by atomic mass is 16.2. The Labute approximate surface area is 115 Å². The summed E-state index contributed by atoms with van der Waals surface area (Å²) in [6.45, 7) is 0. The van der Waals surface area contributed by atoms with Crippen molar-refractivity contribution in [2.45, 2.75) is 0 Å². The Balaban J connectivity index is 2.14. The fourth-order valence-corrected chi connectivity index (χ4v) is 2.11. The zero-order valence-corrected chi connectivity index (χ0v) is 10.5. The Morgan fingerprint density at radius 3 is 2.55 bits per heavy atom. The molecule has 2 amide bonds. The number of carbonyl (C=O) groups is 2. The molecule has 5 heteroatoms. The molecule has 2 aromatic carbocycles. The summed E-state index contributed by atoms with van der Waals surface area (Å²) in [5.74, 6) is -0.859. The van der Waals surface area contributed by atoms with E-state index in [0.717, 1.165) is 5.56 Å². The summed E-state index contributed by atoms with van der Waals surface area (Å²) in [6, 6.07) is 13.9. The first-order valence-electron chi connectivity index (χ1n) is 6.05. The van der Waals surface area contributed by atoms with Crippen LogP contribution in [0, 0.1) is 0 Å². The molecule has 5 nitrogen and oxygen atoms in total. The number of primary amides is 1. The number of nitrogens with one attached hydrogen (secondary N) is 1. The van der Waals surface area contributed by atoms with Crippen molar-refractivity contribution in [3.05, 3.63) is 59.7 Å². The normalized spacial score (nSPS) is 15.0. The zero-order chi connectivity index (χ0) is 14.1. The molecule has 3 N–H and O–H groups in total. The molecule has 0 saturated carbocycles. The summed E-state index contributed by atoms with van der Waals surface area (Å²) in [5.41, 5.74) is 7.71. The van der Waals surface area contributed by atoms with Crippen LogP contribution in [0.5, 0.6) is 0 Å². The van der Waals surface area contributed by atoms with Gasteiger partial charge in [-0.25, -0.2) is 4.99 Å². The Bertz CT molecular complexity index is 750. The molecular weight excluding hydrogens is 254 g/mol. The van der Waals surface area contributed by atoms with E-state index in [9.17, 15) is 9.59 Å². The van der Waals surface area contributed by atoms with Crippen LogP contribution in [0.3, 0.4) is 0 Å². The summed E-state index contributed by atoms with van der Waals surface area (Å²) < 4.78 is 0. The molecule has 0 saturated heterocycles. The van der Waals surface area contributed by atoms with E-state index in [1.165, 1.54) is 0 Å². The summed E-state index contributed by atoms with van der Waals surface area (Å²) >= 11 is 0. The van der Waals surface area contributed by atoms with Crippen molar-refractivity contribution >= 4 is 28.9 Å². The maximum Gasteiger partial charge on any atom is 0.275 e. The average molecular weight is 265 g/mol. The fraction of sp³-hybridized carbons (Fsp3) is 0. The molecule has 1 aliphatic rings. The first-order chi connectivity index (χ1) is 9.66. The minimum Gasteiger partial charge on any atom is -0.366 e. The van der Waals surface area contributed by atoms with Gasteiger partial charge in [-0.1, -0.05) is 30.3 Å². The van der Waals surface area contributed by atoms with Crippen LogP contribution in [0.25, 0.3) is 0 Å². The molecule has 2 aromatic rings. The number of hydrogen-bond acceptors (Lipinski definition) is 3. The predicted octanol–water partition coefficient (Wildman–Crippen LogP) is 1.86. The third kappa shape index (κ3) is 1.95. The quantitative estimate of drug-likeness (QED) is 0.868. The van der Waals surface area contributed by atoms with Crippen molar-refractivity contribution in [1.82, 2.24) is 0 Å². The summed E-state index contributed by atoms with van der Waals surface area (Å²) in [5, 5.41) is 2.73. The topological polar surface area (TPSA) is 84.6 Å². The minimum absolute atomic E-state index is 0.286. The number of amides is 2. The average Bonchev–Trinajstić information content (AvgIpc) is 2.76. The molecule has 3 rings (SSSR count). The molecule has 0 fully saturated rings. The first-order valence-corrected chi connectivity index (χ1v) is 6.05. The second-order valence-corrected chi connectivity index (χ2v) is 4.34. The highest BCUT2D eigenvalue weighted by Gasteiger charge is 2.25. The molecule has 0 spiro atoms. The summed E-state index contributed by atoms with van der Waals surface area (Å²) in [6.07, 6.45) is 0. The van der Waals surface area contributed by atoms with E-state index in [1.54, 1.807) is 36.4 Å². The van der Waals surface area contributed by atoms with Gasteiger partial charge >= 0.3 is 0 Å². The molecule has 1 aliphatic heterocycles. The number of rotatable bonds is 2. The van der Waals surface area contributed by atoms with Crippen molar-refractivity contribution in [3.8, 4) is 0 Å². The number of nitrogens with two attached hydrogens (primary N) is 1. The number of anilines is 1. The third-order valence-corrected chi connectivity index (χ3v) is 3.05. The highest BCUT2D eigenvalue weighted by molar-refractivity contribution is 6.54. The van der Waals surface area contributed by atoms with E-state index in [4.69, 9.17) is 5.73 Å². The van der Waals surface area contributed by atoms with Crippen LogP contribution in [-0.2, 0) is 4.79 Å². The third-order valence-electron chi connectivity index (χ3n) is 3.05. The van der Waals surface area contributed by atoms with Crippen molar-refractivity contribution in [1.29, 1.82) is 0 Å². The van der Waals surface area contributed by atoms with Crippen LogP contribution < -0.4 is 11.1 Å². The molecule has 0 aromatic heterocycles. The van der Waals surface area contributed by atoms with Gasteiger partial charge in [0, 0.05) is 5.56 Å². The number of benzene rings is 2. The molecular formula is C15H11N3O2. The van der Waals surface area contributed by atoms with Crippen LogP contribution in [-0.4, -0.2) is 17.5 Å². The number of carbonyl (C=O) groups excluding carboxylic acids is 2. The lowest BCUT2D eigenvalue weighted by Gasteiger charge is -2.02. The minimum atomic E-state index is -0.573. The van der Waals surface area contributed by atoms with Crippen molar-refractivity contribution in [2.75, 3.05) is 5.32 Å². The maximum absolute atomic E-state index is 12.0. The molecule has 0 radical (unpaired) electrons. The van der Waals surface area contributed by atoms with Crippen molar-refractivity contribution in [2.24, 2.45) is 10.7 Å². The monoisotopic (exact) mass is 265 g/mol. The molecule has 20 heavy (non-hydrogen) atoms. The van der Waals surface area contributed by atoms with Gasteiger partial charge in [0.05, 0.1) is 16.9 Å². The predicted molar refractivity (Wildman–Crippen MR) is 76.2 cm³/mol. The first kappa shape index (κ1) is 12.1. The van der Waals surface area contributed by atoms with Gasteiger partial charge in [0.2, 0.25) is 0 Å².